The van der Waals surface area contributed by atoms with Gasteiger partial charge in [0.05, 0.1) is 42.5 Å². The second kappa shape index (κ2) is 16.0. The van der Waals surface area contributed by atoms with Gasteiger partial charge in [0, 0.05) is 10.0 Å². The van der Waals surface area contributed by atoms with Gasteiger partial charge in [0.2, 0.25) is 0 Å². The van der Waals surface area contributed by atoms with Crippen LogP contribution in [0.15, 0.2) is 58.6 Å². The van der Waals surface area contributed by atoms with Crippen molar-refractivity contribution in [3.63, 3.8) is 0 Å². The highest BCUT2D eigenvalue weighted by molar-refractivity contribution is 7.87. The summed E-state index contributed by atoms with van der Waals surface area (Å²) in [6.07, 6.45) is -6.12. The first-order valence-corrected chi connectivity index (χ1v) is 15.8. The molecule has 18 heteroatoms. The third-order valence-electron chi connectivity index (χ3n) is 5.41. The number of benzene rings is 3. The highest BCUT2D eigenvalue weighted by Crippen LogP contribution is 2.34. The Morgan fingerprint density at radius 1 is 0.818 bits per heavy atom. The maximum Gasteiger partial charge on any atom is 0.340 e. The lowest BCUT2D eigenvalue weighted by atomic mass is 10.1. The fraction of sp³-hybridized carbons (Fsp3) is 0.192. The van der Waals surface area contributed by atoms with Crippen LogP contribution in [0.4, 0.5) is 4.39 Å². The minimum absolute atomic E-state index is 0.0767. The quantitative estimate of drug-likeness (QED) is 0.0593. The van der Waals surface area contributed by atoms with Gasteiger partial charge in [-0.1, -0.05) is 86.4 Å². The Kier molecular flexibility index (Phi) is 13.2. The highest BCUT2D eigenvalue weighted by atomic mass is 35.5. The number of halogens is 8. The Balaban J connectivity index is 2.06. The number of hydrogen-bond donors (Lipinski definition) is 0. The molecule has 0 saturated carbocycles. The average Bonchev–Trinajstić information content (AvgIpc) is 2.94. The van der Waals surface area contributed by atoms with E-state index in [0.717, 1.165) is 19.2 Å². The zero-order chi connectivity index (χ0) is 32.8. The van der Waals surface area contributed by atoms with E-state index in [0.29, 0.717) is 6.21 Å². The molecule has 3 aromatic rings. The molecule has 9 nitrogen and oxygen atoms in total. The van der Waals surface area contributed by atoms with E-state index in [-0.39, 0.29) is 41.3 Å². The molecule has 0 spiro atoms. The van der Waals surface area contributed by atoms with Gasteiger partial charge in [-0.3, -0.25) is 4.18 Å². The lowest BCUT2D eigenvalue weighted by Gasteiger charge is -2.27. The molecule has 0 aliphatic carbocycles. The van der Waals surface area contributed by atoms with Crippen LogP contribution in [0, 0.1) is 0 Å². The van der Waals surface area contributed by atoms with Crippen LogP contribution in [-0.4, -0.2) is 58.7 Å². The maximum absolute atomic E-state index is 15.6. The largest absolute Gasteiger partial charge is 0.459 e. The molecule has 0 aromatic heterocycles. The average molecular weight is 771 g/mol. The van der Waals surface area contributed by atoms with Crippen molar-refractivity contribution in [1.82, 2.24) is 0 Å². The van der Waals surface area contributed by atoms with Crippen molar-refractivity contribution in [3.8, 4) is 0 Å². The highest BCUT2D eigenvalue weighted by Gasteiger charge is 2.40. The van der Waals surface area contributed by atoms with Crippen molar-refractivity contribution in [1.29, 1.82) is 0 Å². The molecule has 236 valence electrons. The number of carbonyl (C=O) groups is 2. The molecular formula is C26H17Cl7FNO8S. The van der Waals surface area contributed by atoms with Gasteiger partial charge in [0.15, 0.2) is 18.4 Å². The van der Waals surface area contributed by atoms with Crippen LogP contribution >= 0.6 is 81.2 Å². The molecule has 0 saturated heterocycles. The van der Waals surface area contributed by atoms with Gasteiger partial charge < -0.3 is 14.3 Å². The van der Waals surface area contributed by atoms with Crippen molar-refractivity contribution in [2.24, 2.45) is 5.16 Å². The zero-order valence-corrected chi connectivity index (χ0v) is 27.9. The number of ether oxygens (including phenoxy) is 2. The Morgan fingerprint density at radius 3 is 1.91 bits per heavy atom. The fourth-order valence-electron chi connectivity index (χ4n) is 3.37. The van der Waals surface area contributed by atoms with E-state index >= 15 is 4.39 Å². The topological polar surface area (TPSA) is 118 Å². The van der Waals surface area contributed by atoms with Crippen LogP contribution in [0.2, 0.25) is 35.2 Å². The molecule has 3 atom stereocenters. The molecule has 3 rings (SSSR count). The van der Waals surface area contributed by atoms with E-state index in [1.165, 1.54) is 36.4 Å². The second-order valence-corrected chi connectivity index (χ2v) is 12.8. The lowest BCUT2D eigenvalue weighted by Crippen LogP contribution is -2.45. The summed E-state index contributed by atoms with van der Waals surface area (Å²) in [5, 5.41) is 2.72. The van der Waals surface area contributed by atoms with Crippen molar-refractivity contribution in [2.45, 2.75) is 23.3 Å². The van der Waals surface area contributed by atoms with Gasteiger partial charge in [0.1, 0.15) is 18.6 Å². The summed E-state index contributed by atoms with van der Waals surface area (Å²) < 4.78 is 58.2. The van der Waals surface area contributed by atoms with Gasteiger partial charge in [-0.2, -0.15) is 8.42 Å². The van der Waals surface area contributed by atoms with Crippen LogP contribution in [0.1, 0.15) is 20.7 Å². The standard InChI is InChI=1S/C26H17Cl7FNO8S/c1-40-35-10-21(34)24(42-26(37)15-5-3-13(28)7-17(15)30)22(11-41-25(36)14-4-2-12(27)6-16(14)29)43-44(38,39)23-9-19(32)18(31)8-20(23)33/h2-10,21-22,24H,11H2,1H3/t21-,22-,24+/m1/s1. The van der Waals surface area contributed by atoms with Crippen molar-refractivity contribution >= 4 is 109 Å². The molecule has 0 aliphatic heterocycles. The number of oxime groups is 1. The first kappa shape index (κ1) is 36.4. The minimum Gasteiger partial charge on any atom is -0.459 e. The van der Waals surface area contributed by atoms with E-state index in [4.69, 9.17) is 94.9 Å². The summed E-state index contributed by atoms with van der Waals surface area (Å²) in [6.45, 7) is -1.02. The van der Waals surface area contributed by atoms with Gasteiger partial charge >= 0.3 is 11.9 Å². The molecule has 0 aliphatic rings. The summed E-state index contributed by atoms with van der Waals surface area (Å²) in [5.74, 6) is -2.31. The van der Waals surface area contributed by atoms with Crippen molar-refractivity contribution < 1.29 is 40.9 Å². The Hall–Kier alpha value is -2.06. The fourth-order valence-corrected chi connectivity index (χ4v) is 6.39. The van der Waals surface area contributed by atoms with Crippen LogP contribution in [0.5, 0.6) is 0 Å². The number of carbonyl (C=O) groups excluding carboxylic acids is 2. The van der Waals surface area contributed by atoms with E-state index in [1.54, 1.807) is 0 Å². The van der Waals surface area contributed by atoms with E-state index in [1.807, 2.05) is 0 Å². The van der Waals surface area contributed by atoms with E-state index in [2.05, 4.69) is 9.99 Å². The lowest BCUT2D eigenvalue weighted by molar-refractivity contribution is -0.0478. The Bertz CT molecular complexity index is 1690. The van der Waals surface area contributed by atoms with Gasteiger partial charge in [-0.15, -0.1) is 0 Å². The molecule has 44 heavy (non-hydrogen) atoms. The number of esters is 2. The number of rotatable bonds is 12. The molecule has 3 aromatic carbocycles. The monoisotopic (exact) mass is 767 g/mol. The van der Waals surface area contributed by atoms with Crippen LogP contribution in [0.3, 0.4) is 0 Å². The first-order chi connectivity index (χ1) is 20.6. The van der Waals surface area contributed by atoms with Crippen LogP contribution in [-0.2, 0) is 28.6 Å². The molecule has 0 heterocycles. The number of nitrogens with zero attached hydrogens (tertiary/aromatic N) is 1. The molecule has 0 unspecified atom stereocenters. The zero-order valence-electron chi connectivity index (χ0n) is 21.8. The normalized spacial score (nSPS) is 13.8. The summed E-state index contributed by atoms with van der Waals surface area (Å²) in [7, 11) is -3.86. The molecular weight excluding hydrogens is 754 g/mol. The van der Waals surface area contributed by atoms with Crippen molar-refractivity contribution in [2.75, 3.05) is 13.7 Å². The minimum atomic E-state index is -4.96. The summed E-state index contributed by atoms with van der Waals surface area (Å²) in [6, 6.07) is 9.45. The molecule has 0 radical (unpaired) electrons. The van der Waals surface area contributed by atoms with E-state index < -0.39 is 57.0 Å². The number of alkyl halides is 1. The smallest absolute Gasteiger partial charge is 0.340 e. The van der Waals surface area contributed by atoms with Crippen molar-refractivity contribution in [3.05, 3.63) is 94.8 Å². The third-order valence-corrected chi connectivity index (χ3v) is 9.03. The van der Waals surface area contributed by atoms with Crippen LogP contribution < -0.4 is 0 Å². The van der Waals surface area contributed by atoms with Gasteiger partial charge in [-0.25, -0.2) is 14.0 Å². The Labute approximate surface area is 285 Å². The SMILES string of the molecule is CON=C[C@@H](F)[C@H](OC(=O)c1ccc(Cl)cc1Cl)[C@@H](COC(=O)c1ccc(Cl)cc1Cl)OS(=O)(=O)c1cc(Cl)c(Cl)cc1Cl. The maximum atomic E-state index is 15.6. The summed E-state index contributed by atoms with van der Waals surface area (Å²) >= 11 is 41.9. The summed E-state index contributed by atoms with van der Waals surface area (Å²) in [5.41, 5.74) is -0.444. The molecule has 0 fully saturated rings. The summed E-state index contributed by atoms with van der Waals surface area (Å²) in [4.78, 5) is 29.8. The van der Waals surface area contributed by atoms with E-state index in [9.17, 15) is 18.0 Å². The molecule has 0 amide bonds. The number of hydrogen-bond acceptors (Lipinski definition) is 9. The third kappa shape index (κ3) is 9.48. The predicted octanol–water partition coefficient (Wildman–Crippen LogP) is 8.39. The second-order valence-electron chi connectivity index (χ2n) is 8.38. The predicted molar refractivity (Wildman–Crippen MR) is 166 cm³/mol. The van der Waals surface area contributed by atoms with Gasteiger partial charge in [0.25, 0.3) is 10.1 Å². The van der Waals surface area contributed by atoms with Crippen LogP contribution in [0.25, 0.3) is 0 Å². The Morgan fingerprint density at radius 2 is 1.36 bits per heavy atom. The first-order valence-electron chi connectivity index (χ1n) is 11.7. The molecule has 0 N–H and O–H groups in total. The van der Waals surface area contributed by atoms with Gasteiger partial charge in [-0.05, 0) is 48.5 Å². The molecule has 0 bridgehead atoms.